The van der Waals surface area contributed by atoms with Crippen molar-refractivity contribution in [3.05, 3.63) is 29.8 Å². The Balaban J connectivity index is 2.61. The van der Waals surface area contributed by atoms with E-state index in [-0.39, 0.29) is 18.3 Å². The number of esters is 1. The van der Waals surface area contributed by atoms with Crippen LogP contribution < -0.4 is 4.74 Å². The Bertz CT molecular complexity index is 428. The summed E-state index contributed by atoms with van der Waals surface area (Å²) >= 11 is 0. The van der Waals surface area contributed by atoms with Crippen LogP contribution in [0.2, 0.25) is 0 Å². The third kappa shape index (κ3) is 4.99. The van der Waals surface area contributed by atoms with Crippen molar-refractivity contribution in [2.45, 2.75) is 19.9 Å². The predicted molar refractivity (Wildman–Crippen MR) is 70.7 cm³/mol. The van der Waals surface area contributed by atoms with Crippen LogP contribution in [-0.2, 0) is 20.9 Å². The van der Waals surface area contributed by atoms with Crippen LogP contribution >= 0.6 is 0 Å². The fourth-order valence-electron chi connectivity index (χ4n) is 1.63. The van der Waals surface area contributed by atoms with Crippen LogP contribution in [0.4, 0.5) is 0 Å². The van der Waals surface area contributed by atoms with Crippen molar-refractivity contribution in [1.29, 1.82) is 0 Å². The van der Waals surface area contributed by atoms with E-state index in [9.17, 15) is 9.59 Å². The summed E-state index contributed by atoms with van der Waals surface area (Å²) in [6.07, 6.45) is 0.201. The van der Waals surface area contributed by atoms with Gasteiger partial charge in [0.15, 0.2) is 0 Å². The SMILES string of the molecule is COC(=O)CCN(Cc1ccc(OC)cc1)C(C)=O. The van der Waals surface area contributed by atoms with Gasteiger partial charge in [-0.05, 0) is 17.7 Å². The van der Waals surface area contributed by atoms with Gasteiger partial charge in [-0.15, -0.1) is 0 Å². The summed E-state index contributed by atoms with van der Waals surface area (Å²) in [4.78, 5) is 24.2. The van der Waals surface area contributed by atoms with Crippen LogP contribution in [0, 0.1) is 0 Å². The van der Waals surface area contributed by atoms with Gasteiger partial charge in [-0.3, -0.25) is 9.59 Å². The quantitative estimate of drug-likeness (QED) is 0.733. The van der Waals surface area contributed by atoms with Gasteiger partial charge >= 0.3 is 5.97 Å². The van der Waals surface area contributed by atoms with Crippen LogP contribution in [-0.4, -0.2) is 37.5 Å². The maximum Gasteiger partial charge on any atom is 0.307 e. The average Bonchev–Trinajstić information content (AvgIpc) is 2.43. The van der Waals surface area contributed by atoms with E-state index in [1.165, 1.54) is 14.0 Å². The number of hydrogen-bond acceptors (Lipinski definition) is 4. The maximum absolute atomic E-state index is 11.5. The minimum absolute atomic E-state index is 0.0697. The smallest absolute Gasteiger partial charge is 0.307 e. The van der Waals surface area contributed by atoms with Crippen molar-refractivity contribution in [3.63, 3.8) is 0 Å². The Morgan fingerprint density at radius 2 is 1.79 bits per heavy atom. The van der Waals surface area contributed by atoms with Gasteiger partial charge in [-0.2, -0.15) is 0 Å². The van der Waals surface area contributed by atoms with Crippen LogP contribution in [0.15, 0.2) is 24.3 Å². The number of hydrogen-bond donors (Lipinski definition) is 0. The van der Waals surface area contributed by atoms with Crippen molar-refractivity contribution < 1.29 is 19.1 Å². The summed E-state index contributed by atoms with van der Waals surface area (Å²) in [6, 6.07) is 7.47. The Hall–Kier alpha value is -2.04. The number of methoxy groups -OCH3 is 2. The number of carbonyl (C=O) groups is 2. The van der Waals surface area contributed by atoms with Gasteiger partial charge < -0.3 is 14.4 Å². The lowest BCUT2D eigenvalue weighted by Gasteiger charge is -2.20. The Morgan fingerprint density at radius 1 is 1.16 bits per heavy atom. The first-order valence-corrected chi connectivity index (χ1v) is 6.02. The van der Waals surface area contributed by atoms with E-state index in [0.29, 0.717) is 13.1 Å². The van der Waals surface area contributed by atoms with Crippen LogP contribution in [0.25, 0.3) is 0 Å². The summed E-state index contributed by atoms with van der Waals surface area (Å²) < 4.78 is 9.64. The number of rotatable bonds is 6. The average molecular weight is 265 g/mol. The van der Waals surface area contributed by atoms with Crippen LogP contribution in [0.1, 0.15) is 18.9 Å². The highest BCUT2D eigenvalue weighted by Gasteiger charge is 2.12. The van der Waals surface area contributed by atoms with Crippen molar-refractivity contribution >= 4 is 11.9 Å². The first-order chi connectivity index (χ1) is 9.06. The van der Waals surface area contributed by atoms with E-state index < -0.39 is 0 Å². The molecule has 0 spiro atoms. The molecule has 0 heterocycles. The molecule has 0 aliphatic carbocycles. The largest absolute Gasteiger partial charge is 0.497 e. The minimum atomic E-state index is -0.319. The fourth-order valence-corrected chi connectivity index (χ4v) is 1.63. The van der Waals surface area contributed by atoms with Crippen molar-refractivity contribution in [2.75, 3.05) is 20.8 Å². The molecule has 0 saturated heterocycles. The molecule has 0 aliphatic rings. The Morgan fingerprint density at radius 3 is 2.26 bits per heavy atom. The first kappa shape index (κ1) is 15.0. The zero-order valence-electron chi connectivity index (χ0n) is 11.5. The number of benzene rings is 1. The third-order valence-electron chi connectivity index (χ3n) is 2.79. The first-order valence-electron chi connectivity index (χ1n) is 6.02. The monoisotopic (exact) mass is 265 g/mol. The summed E-state index contributed by atoms with van der Waals surface area (Å²) in [5.74, 6) is 0.383. The van der Waals surface area contributed by atoms with Gasteiger partial charge in [0.25, 0.3) is 0 Å². The molecule has 5 nitrogen and oxygen atoms in total. The van der Waals surface area contributed by atoms with Gasteiger partial charge in [0.1, 0.15) is 5.75 Å². The Labute approximate surface area is 113 Å². The van der Waals surface area contributed by atoms with Crippen LogP contribution in [0.5, 0.6) is 5.75 Å². The van der Waals surface area contributed by atoms with Gasteiger partial charge in [0, 0.05) is 20.0 Å². The topological polar surface area (TPSA) is 55.8 Å². The van der Waals surface area contributed by atoms with E-state index in [1.807, 2.05) is 24.3 Å². The second kappa shape index (κ2) is 7.41. The minimum Gasteiger partial charge on any atom is -0.497 e. The number of nitrogens with zero attached hydrogens (tertiary/aromatic N) is 1. The lowest BCUT2D eigenvalue weighted by atomic mass is 10.2. The summed E-state index contributed by atoms with van der Waals surface area (Å²) in [6.45, 7) is 2.31. The molecule has 0 N–H and O–H groups in total. The molecule has 0 saturated carbocycles. The molecule has 19 heavy (non-hydrogen) atoms. The predicted octanol–water partition coefficient (Wildman–Crippen LogP) is 1.61. The molecular weight excluding hydrogens is 246 g/mol. The number of ether oxygens (including phenoxy) is 2. The lowest BCUT2D eigenvalue weighted by molar-refractivity contribution is -0.141. The van der Waals surface area contributed by atoms with E-state index in [4.69, 9.17) is 4.74 Å². The molecule has 0 bridgehead atoms. The number of amides is 1. The molecule has 104 valence electrons. The highest BCUT2D eigenvalue weighted by molar-refractivity contribution is 5.75. The molecule has 0 fully saturated rings. The third-order valence-corrected chi connectivity index (χ3v) is 2.79. The molecule has 1 rings (SSSR count). The van der Waals surface area contributed by atoms with Gasteiger partial charge in [0.05, 0.1) is 20.6 Å². The molecule has 0 radical (unpaired) electrons. The molecule has 1 aromatic rings. The number of carbonyl (C=O) groups excluding carboxylic acids is 2. The molecular formula is C14H19NO4. The molecule has 0 atom stereocenters. The molecule has 1 aromatic carbocycles. The summed E-state index contributed by atoms with van der Waals surface area (Å²) in [5.41, 5.74) is 0.987. The zero-order chi connectivity index (χ0) is 14.3. The second-order valence-corrected chi connectivity index (χ2v) is 4.11. The van der Waals surface area contributed by atoms with E-state index in [1.54, 1.807) is 12.0 Å². The van der Waals surface area contributed by atoms with Gasteiger partial charge in [0.2, 0.25) is 5.91 Å². The van der Waals surface area contributed by atoms with Crippen molar-refractivity contribution in [2.24, 2.45) is 0 Å². The van der Waals surface area contributed by atoms with Gasteiger partial charge in [-0.25, -0.2) is 0 Å². The van der Waals surface area contributed by atoms with Gasteiger partial charge in [-0.1, -0.05) is 12.1 Å². The standard InChI is InChI=1S/C14H19NO4/c1-11(16)15(9-8-14(17)19-3)10-12-4-6-13(18-2)7-5-12/h4-7H,8-10H2,1-3H3. The second-order valence-electron chi connectivity index (χ2n) is 4.11. The van der Waals surface area contributed by atoms with E-state index in [2.05, 4.69) is 4.74 Å². The van der Waals surface area contributed by atoms with E-state index >= 15 is 0 Å². The summed E-state index contributed by atoms with van der Waals surface area (Å²) in [7, 11) is 2.94. The Kier molecular flexibility index (Phi) is 5.85. The molecule has 0 aromatic heterocycles. The highest BCUT2D eigenvalue weighted by atomic mass is 16.5. The fraction of sp³-hybridized carbons (Fsp3) is 0.429. The van der Waals surface area contributed by atoms with Crippen LogP contribution in [0.3, 0.4) is 0 Å². The van der Waals surface area contributed by atoms with Crippen molar-refractivity contribution in [1.82, 2.24) is 4.90 Å². The molecule has 1 amide bonds. The van der Waals surface area contributed by atoms with E-state index in [0.717, 1.165) is 11.3 Å². The normalized spacial score (nSPS) is 9.84. The maximum atomic E-state index is 11.5. The lowest BCUT2D eigenvalue weighted by Crippen LogP contribution is -2.30. The molecule has 0 aliphatic heterocycles. The summed E-state index contributed by atoms with van der Waals surface area (Å²) in [5, 5.41) is 0. The van der Waals surface area contributed by atoms with Crippen molar-refractivity contribution in [3.8, 4) is 5.75 Å². The molecule has 5 heteroatoms. The molecule has 0 unspecified atom stereocenters. The zero-order valence-corrected chi connectivity index (χ0v) is 11.5. The highest BCUT2D eigenvalue weighted by Crippen LogP contribution is 2.13.